The molecule has 4 heteroatoms. The van der Waals surface area contributed by atoms with E-state index >= 15 is 0 Å². The number of fused-ring (bicyclic) bond motifs is 3. The van der Waals surface area contributed by atoms with Gasteiger partial charge in [0.25, 0.3) is 0 Å². The minimum Gasteiger partial charge on any atom is -0.408 e. The van der Waals surface area contributed by atoms with Crippen LogP contribution in [0.15, 0.2) is 71.2 Å². The third kappa shape index (κ3) is 3.03. The first kappa shape index (κ1) is 16.2. The Morgan fingerprint density at radius 1 is 0.960 bits per heavy atom. The van der Waals surface area contributed by atoms with Gasteiger partial charge in [-0.05, 0) is 42.8 Å². The van der Waals surface area contributed by atoms with Gasteiger partial charge in [0.05, 0.1) is 10.9 Å². The molecule has 0 saturated heterocycles. The molecule has 4 aromatic rings. The summed E-state index contributed by atoms with van der Waals surface area (Å²) >= 11 is 3.57. The summed E-state index contributed by atoms with van der Waals surface area (Å²) < 4.78 is 3.45. The average molecular weight is 395 g/mol. The van der Waals surface area contributed by atoms with Crippen molar-refractivity contribution in [2.75, 3.05) is 6.54 Å². The highest BCUT2D eigenvalue weighted by atomic mass is 79.9. The van der Waals surface area contributed by atoms with Crippen molar-refractivity contribution in [2.45, 2.75) is 13.5 Å². The van der Waals surface area contributed by atoms with E-state index in [-0.39, 0.29) is 0 Å². The molecule has 4 rings (SSSR count). The Bertz CT molecular complexity index is 1040. The van der Waals surface area contributed by atoms with Crippen LogP contribution in [0.5, 0.6) is 5.75 Å². The molecule has 25 heavy (non-hydrogen) atoms. The molecule has 0 saturated carbocycles. The minimum atomic E-state index is 0.757. The molecule has 126 valence electrons. The number of halogens is 1. The lowest BCUT2D eigenvalue weighted by Gasteiger charge is -2.09. The Hall–Kier alpha value is -2.30. The van der Waals surface area contributed by atoms with Crippen LogP contribution in [0.25, 0.3) is 21.8 Å². The van der Waals surface area contributed by atoms with E-state index in [1.807, 2.05) is 19.1 Å². The van der Waals surface area contributed by atoms with Gasteiger partial charge in [-0.15, -0.1) is 0 Å². The first-order chi connectivity index (χ1) is 12.3. The molecule has 0 bridgehead atoms. The molecular weight excluding hydrogens is 376 g/mol. The Balaban J connectivity index is 1.93. The summed E-state index contributed by atoms with van der Waals surface area (Å²) in [6.45, 7) is 3.60. The van der Waals surface area contributed by atoms with Crippen molar-refractivity contribution in [2.24, 2.45) is 0 Å². The van der Waals surface area contributed by atoms with Gasteiger partial charge in [-0.1, -0.05) is 52.3 Å². The number of hydrogen-bond donors (Lipinski definition) is 1. The van der Waals surface area contributed by atoms with Crippen LogP contribution in [-0.4, -0.2) is 11.1 Å². The largest absolute Gasteiger partial charge is 0.408 e. The Morgan fingerprint density at radius 3 is 2.60 bits per heavy atom. The van der Waals surface area contributed by atoms with E-state index in [4.69, 9.17) is 4.84 Å². The summed E-state index contributed by atoms with van der Waals surface area (Å²) in [7, 11) is 0. The smallest absolute Gasteiger partial charge is 0.157 e. The molecule has 0 aliphatic rings. The number of hydroxylamine groups is 1. The van der Waals surface area contributed by atoms with E-state index in [1.165, 1.54) is 22.0 Å². The van der Waals surface area contributed by atoms with Crippen molar-refractivity contribution in [1.29, 1.82) is 0 Å². The van der Waals surface area contributed by atoms with E-state index in [1.54, 1.807) is 0 Å². The molecule has 0 atom stereocenters. The van der Waals surface area contributed by atoms with Crippen LogP contribution >= 0.6 is 15.9 Å². The quantitative estimate of drug-likeness (QED) is 0.451. The maximum Gasteiger partial charge on any atom is 0.157 e. The molecule has 0 radical (unpaired) electrons. The second kappa shape index (κ2) is 6.90. The number of benzene rings is 3. The molecule has 0 fully saturated rings. The van der Waals surface area contributed by atoms with Crippen LogP contribution in [0.3, 0.4) is 0 Å². The average Bonchev–Trinajstić information content (AvgIpc) is 2.95. The minimum absolute atomic E-state index is 0.757. The summed E-state index contributed by atoms with van der Waals surface area (Å²) in [5, 5.41) is 2.36. The van der Waals surface area contributed by atoms with Gasteiger partial charge >= 0.3 is 0 Å². The third-order valence-corrected chi connectivity index (χ3v) is 4.81. The Morgan fingerprint density at radius 2 is 1.76 bits per heavy atom. The summed E-state index contributed by atoms with van der Waals surface area (Å²) in [4.78, 5) is 5.79. The number of aromatic nitrogens is 1. The summed E-state index contributed by atoms with van der Waals surface area (Å²) in [5.74, 6) is 0.864. The monoisotopic (exact) mass is 394 g/mol. The molecule has 3 aromatic carbocycles. The summed E-state index contributed by atoms with van der Waals surface area (Å²) in [5.41, 5.74) is 6.62. The van der Waals surface area contributed by atoms with Gasteiger partial charge in [-0.2, -0.15) is 5.48 Å². The number of nitrogens with one attached hydrogen (secondary N) is 1. The first-order valence-corrected chi connectivity index (χ1v) is 9.21. The number of nitrogens with zero attached hydrogens (tertiary/aromatic N) is 1. The number of para-hydroxylation sites is 1. The van der Waals surface area contributed by atoms with E-state index < -0.39 is 0 Å². The maximum atomic E-state index is 5.79. The Kier molecular flexibility index (Phi) is 4.47. The fourth-order valence-electron chi connectivity index (χ4n) is 3.29. The van der Waals surface area contributed by atoms with Crippen molar-refractivity contribution in [3.05, 3.63) is 76.8 Å². The standard InChI is InChI=1S/C21H19BrN2O/c1-2-23-25-20-12-6-11-19-21(20)17-9-3-4-10-18(17)24(19)14-15-7-5-8-16(22)13-15/h3-13,23H,2,14H2,1H3. The number of rotatable bonds is 5. The van der Waals surface area contributed by atoms with Crippen LogP contribution in [0.2, 0.25) is 0 Å². The molecule has 0 amide bonds. The number of hydrogen-bond acceptors (Lipinski definition) is 2. The van der Waals surface area contributed by atoms with Crippen LogP contribution in [0.1, 0.15) is 12.5 Å². The van der Waals surface area contributed by atoms with E-state index in [0.29, 0.717) is 0 Å². The van der Waals surface area contributed by atoms with E-state index in [2.05, 4.69) is 80.6 Å². The lowest BCUT2D eigenvalue weighted by atomic mass is 10.1. The molecular formula is C21H19BrN2O. The molecule has 0 aliphatic carbocycles. The molecule has 1 heterocycles. The molecule has 3 nitrogen and oxygen atoms in total. The lowest BCUT2D eigenvalue weighted by molar-refractivity contribution is 0.205. The predicted molar refractivity (Wildman–Crippen MR) is 107 cm³/mol. The highest BCUT2D eigenvalue weighted by molar-refractivity contribution is 9.10. The fraction of sp³-hybridized carbons (Fsp3) is 0.143. The zero-order valence-electron chi connectivity index (χ0n) is 14.0. The molecule has 0 spiro atoms. The zero-order chi connectivity index (χ0) is 17.2. The van der Waals surface area contributed by atoms with E-state index in [0.717, 1.165) is 28.7 Å². The highest BCUT2D eigenvalue weighted by Crippen LogP contribution is 2.35. The Labute approximate surface area is 155 Å². The molecule has 0 aliphatic heterocycles. The van der Waals surface area contributed by atoms with Gasteiger partial charge in [-0.3, -0.25) is 0 Å². The van der Waals surface area contributed by atoms with Crippen molar-refractivity contribution in [3.8, 4) is 5.75 Å². The fourth-order valence-corrected chi connectivity index (χ4v) is 3.74. The van der Waals surface area contributed by atoms with Crippen LogP contribution in [-0.2, 0) is 6.54 Å². The van der Waals surface area contributed by atoms with Crippen LogP contribution < -0.4 is 10.3 Å². The SMILES string of the molecule is CCNOc1cccc2c1c1ccccc1n2Cc1cccc(Br)c1. The van der Waals surface area contributed by atoms with Crippen molar-refractivity contribution in [3.63, 3.8) is 0 Å². The second-order valence-electron chi connectivity index (χ2n) is 5.98. The van der Waals surface area contributed by atoms with Gasteiger partial charge in [-0.25, -0.2) is 0 Å². The molecule has 1 aromatic heterocycles. The first-order valence-electron chi connectivity index (χ1n) is 8.42. The van der Waals surface area contributed by atoms with Crippen molar-refractivity contribution >= 4 is 37.7 Å². The lowest BCUT2D eigenvalue weighted by Crippen LogP contribution is -2.17. The predicted octanol–water partition coefficient (Wildman–Crippen LogP) is 5.51. The zero-order valence-corrected chi connectivity index (χ0v) is 15.6. The molecule has 0 unspecified atom stereocenters. The summed E-state index contributed by atoms with van der Waals surface area (Å²) in [6, 6.07) is 23.2. The van der Waals surface area contributed by atoms with Gasteiger partial charge < -0.3 is 9.40 Å². The van der Waals surface area contributed by atoms with Crippen LogP contribution in [0, 0.1) is 0 Å². The van der Waals surface area contributed by atoms with Gasteiger partial charge in [0.15, 0.2) is 5.75 Å². The second-order valence-corrected chi connectivity index (χ2v) is 6.90. The van der Waals surface area contributed by atoms with E-state index in [9.17, 15) is 0 Å². The summed E-state index contributed by atoms with van der Waals surface area (Å²) in [6.07, 6.45) is 0. The van der Waals surface area contributed by atoms with Crippen molar-refractivity contribution in [1.82, 2.24) is 10.0 Å². The highest BCUT2D eigenvalue weighted by Gasteiger charge is 2.14. The maximum absolute atomic E-state index is 5.79. The van der Waals surface area contributed by atoms with Gasteiger partial charge in [0, 0.05) is 28.5 Å². The normalized spacial score (nSPS) is 11.3. The van der Waals surface area contributed by atoms with Gasteiger partial charge in [0.1, 0.15) is 0 Å². The van der Waals surface area contributed by atoms with Crippen molar-refractivity contribution < 1.29 is 4.84 Å². The molecule has 1 N–H and O–H groups in total. The van der Waals surface area contributed by atoms with Gasteiger partial charge in [0.2, 0.25) is 0 Å². The van der Waals surface area contributed by atoms with Crippen LogP contribution in [0.4, 0.5) is 0 Å². The third-order valence-electron chi connectivity index (χ3n) is 4.32. The topological polar surface area (TPSA) is 26.2 Å².